The molecule has 5 nitrogen and oxygen atoms in total. The standard InChI is InChI=1S/C25H19Cl2NO4S/c1-31-22-12-16(9-10-21(22)32-15-18-6-2-3-8-20(18)27)13-23-24(29)28(25(30)33-23)14-17-5-4-7-19(26)11-17/h2-13H,14-15H2,1H3/b23-13-. The third-order valence-corrected chi connectivity index (χ3v) is 6.44. The molecule has 0 aliphatic carbocycles. The number of rotatable bonds is 7. The van der Waals surface area contributed by atoms with E-state index < -0.39 is 0 Å². The monoisotopic (exact) mass is 499 g/mol. The lowest BCUT2D eigenvalue weighted by molar-refractivity contribution is -0.123. The molecule has 1 aliphatic rings. The predicted octanol–water partition coefficient (Wildman–Crippen LogP) is 6.82. The number of ether oxygens (including phenoxy) is 2. The Morgan fingerprint density at radius 2 is 1.79 bits per heavy atom. The number of thioether (sulfide) groups is 1. The normalized spacial score (nSPS) is 14.8. The molecule has 8 heteroatoms. The lowest BCUT2D eigenvalue weighted by Crippen LogP contribution is -2.27. The largest absolute Gasteiger partial charge is 0.493 e. The highest BCUT2D eigenvalue weighted by atomic mass is 35.5. The first-order valence-electron chi connectivity index (χ1n) is 9.98. The Bertz CT molecular complexity index is 1240. The minimum atomic E-state index is -0.344. The van der Waals surface area contributed by atoms with Crippen molar-refractivity contribution in [3.05, 3.63) is 98.4 Å². The van der Waals surface area contributed by atoms with Gasteiger partial charge in [-0.3, -0.25) is 14.5 Å². The molecule has 0 radical (unpaired) electrons. The Morgan fingerprint density at radius 3 is 2.55 bits per heavy atom. The summed E-state index contributed by atoms with van der Waals surface area (Å²) in [4.78, 5) is 26.8. The van der Waals surface area contributed by atoms with Crippen LogP contribution in [0.2, 0.25) is 10.0 Å². The Kier molecular flexibility index (Phi) is 7.28. The molecule has 0 unspecified atom stereocenters. The molecule has 1 aliphatic heterocycles. The van der Waals surface area contributed by atoms with E-state index in [0.717, 1.165) is 22.9 Å². The summed E-state index contributed by atoms with van der Waals surface area (Å²) in [5.41, 5.74) is 2.36. The van der Waals surface area contributed by atoms with Crippen LogP contribution >= 0.6 is 35.0 Å². The Labute approximate surface area is 205 Å². The molecule has 2 amide bonds. The zero-order valence-corrected chi connectivity index (χ0v) is 19.9. The fraction of sp³-hybridized carbons (Fsp3) is 0.120. The summed E-state index contributed by atoms with van der Waals surface area (Å²) < 4.78 is 11.3. The zero-order valence-electron chi connectivity index (χ0n) is 17.6. The second-order valence-electron chi connectivity index (χ2n) is 7.19. The van der Waals surface area contributed by atoms with Gasteiger partial charge in [-0.15, -0.1) is 0 Å². The van der Waals surface area contributed by atoms with E-state index in [1.807, 2.05) is 24.3 Å². The van der Waals surface area contributed by atoms with E-state index in [1.54, 1.807) is 55.7 Å². The predicted molar refractivity (Wildman–Crippen MR) is 132 cm³/mol. The van der Waals surface area contributed by atoms with E-state index in [-0.39, 0.29) is 24.3 Å². The number of benzene rings is 3. The van der Waals surface area contributed by atoms with E-state index in [9.17, 15) is 9.59 Å². The summed E-state index contributed by atoms with van der Waals surface area (Å²) in [5, 5.41) is 0.860. The van der Waals surface area contributed by atoms with E-state index >= 15 is 0 Å². The first kappa shape index (κ1) is 23.2. The smallest absolute Gasteiger partial charge is 0.293 e. The third kappa shape index (κ3) is 5.53. The number of amides is 2. The molecule has 1 saturated heterocycles. The average molecular weight is 500 g/mol. The number of nitrogens with zero attached hydrogens (tertiary/aromatic N) is 1. The molecule has 1 heterocycles. The molecule has 0 atom stereocenters. The number of halogens is 2. The van der Waals surface area contributed by atoms with Crippen LogP contribution in [0.4, 0.5) is 4.79 Å². The van der Waals surface area contributed by atoms with Gasteiger partial charge in [0, 0.05) is 15.6 Å². The molecule has 0 N–H and O–H groups in total. The van der Waals surface area contributed by atoms with Crippen LogP contribution in [0, 0.1) is 0 Å². The van der Waals surface area contributed by atoms with E-state index in [2.05, 4.69) is 0 Å². The minimum Gasteiger partial charge on any atom is -0.493 e. The molecular weight excluding hydrogens is 481 g/mol. The Morgan fingerprint density at radius 1 is 0.970 bits per heavy atom. The van der Waals surface area contributed by atoms with Gasteiger partial charge in [-0.2, -0.15) is 0 Å². The lowest BCUT2D eigenvalue weighted by Gasteiger charge is -2.13. The number of imide groups is 1. The van der Waals surface area contributed by atoms with Crippen molar-refractivity contribution in [1.82, 2.24) is 4.90 Å². The quantitative estimate of drug-likeness (QED) is 0.334. The summed E-state index contributed by atoms with van der Waals surface area (Å²) in [6, 6.07) is 19.9. The van der Waals surface area contributed by atoms with Gasteiger partial charge in [0.25, 0.3) is 11.1 Å². The van der Waals surface area contributed by atoms with Crippen LogP contribution in [0.3, 0.4) is 0 Å². The van der Waals surface area contributed by atoms with E-state index in [1.165, 1.54) is 4.90 Å². The van der Waals surface area contributed by atoms with Gasteiger partial charge in [-0.1, -0.05) is 59.6 Å². The highest BCUT2D eigenvalue weighted by molar-refractivity contribution is 8.18. The van der Waals surface area contributed by atoms with Crippen LogP contribution in [-0.4, -0.2) is 23.2 Å². The second kappa shape index (κ2) is 10.3. The van der Waals surface area contributed by atoms with Gasteiger partial charge < -0.3 is 9.47 Å². The highest BCUT2D eigenvalue weighted by Crippen LogP contribution is 2.35. The molecule has 4 rings (SSSR count). The van der Waals surface area contributed by atoms with Gasteiger partial charge in [0.1, 0.15) is 6.61 Å². The molecule has 3 aromatic carbocycles. The highest BCUT2D eigenvalue weighted by Gasteiger charge is 2.35. The zero-order chi connectivity index (χ0) is 23.4. The second-order valence-corrected chi connectivity index (χ2v) is 9.02. The summed E-state index contributed by atoms with van der Waals surface area (Å²) in [7, 11) is 1.54. The Balaban J connectivity index is 1.49. The Hall–Kier alpha value is -2.93. The number of hydrogen-bond donors (Lipinski definition) is 0. The van der Waals surface area contributed by atoms with Crippen molar-refractivity contribution < 1.29 is 19.1 Å². The van der Waals surface area contributed by atoms with Crippen LogP contribution in [0.5, 0.6) is 11.5 Å². The molecule has 0 spiro atoms. The van der Waals surface area contributed by atoms with E-state index in [4.69, 9.17) is 32.7 Å². The van der Waals surface area contributed by atoms with E-state index in [0.29, 0.717) is 32.0 Å². The fourth-order valence-electron chi connectivity index (χ4n) is 3.27. The summed E-state index contributed by atoms with van der Waals surface area (Å²) in [5.74, 6) is 0.709. The average Bonchev–Trinajstić information content (AvgIpc) is 3.06. The van der Waals surface area contributed by atoms with Gasteiger partial charge in [-0.05, 0) is 59.3 Å². The first-order chi connectivity index (χ1) is 15.9. The number of hydrogen-bond acceptors (Lipinski definition) is 5. The topological polar surface area (TPSA) is 55.8 Å². The maximum absolute atomic E-state index is 12.8. The summed E-state index contributed by atoms with van der Waals surface area (Å²) in [6.45, 7) is 0.457. The molecule has 3 aromatic rings. The van der Waals surface area contributed by atoms with Gasteiger partial charge in [0.2, 0.25) is 0 Å². The van der Waals surface area contributed by atoms with Crippen LogP contribution in [0.1, 0.15) is 16.7 Å². The number of methoxy groups -OCH3 is 1. The van der Waals surface area contributed by atoms with Crippen molar-refractivity contribution in [2.45, 2.75) is 13.2 Å². The van der Waals surface area contributed by atoms with Crippen molar-refractivity contribution in [1.29, 1.82) is 0 Å². The van der Waals surface area contributed by atoms with Crippen molar-refractivity contribution in [3.8, 4) is 11.5 Å². The molecule has 1 fully saturated rings. The third-order valence-electron chi connectivity index (χ3n) is 4.93. The number of carbonyl (C=O) groups excluding carboxylic acids is 2. The maximum Gasteiger partial charge on any atom is 0.293 e. The van der Waals surface area contributed by atoms with Crippen molar-refractivity contribution in [3.63, 3.8) is 0 Å². The molecule has 0 bridgehead atoms. The molecule has 0 saturated carbocycles. The van der Waals surface area contributed by atoms with Crippen LogP contribution < -0.4 is 9.47 Å². The van der Waals surface area contributed by atoms with Gasteiger partial charge in [-0.25, -0.2) is 0 Å². The minimum absolute atomic E-state index is 0.167. The molecular formula is C25H19Cl2NO4S. The molecule has 0 aromatic heterocycles. The van der Waals surface area contributed by atoms with Gasteiger partial charge in [0.15, 0.2) is 11.5 Å². The first-order valence-corrected chi connectivity index (χ1v) is 11.6. The van der Waals surface area contributed by atoms with Crippen molar-refractivity contribution in [2.24, 2.45) is 0 Å². The van der Waals surface area contributed by atoms with Crippen LogP contribution in [-0.2, 0) is 17.9 Å². The molecule has 168 valence electrons. The fourth-order valence-corrected chi connectivity index (χ4v) is 4.51. The number of carbonyl (C=O) groups is 2. The van der Waals surface area contributed by atoms with Crippen molar-refractivity contribution >= 4 is 52.2 Å². The van der Waals surface area contributed by atoms with Gasteiger partial charge in [0.05, 0.1) is 18.6 Å². The lowest BCUT2D eigenvalue weighted by atomic mass is 10.1. The van der Waals surface area contributed by atoms with Gasteiger partial charge >= 0.3 is 0 Å². The summed E-state index contributed by atoms with van der Waals surface area (Å²) >= 11 is 13.1. The van der Waals surface area contributed by atoms with Crippen LogP contribution in [0.15, 0.2) is 71.6 Å². The molecule has 33 heavy (non-hydrogen) atoms. The SMILES string of the molecule is COc1cc(/C=C2\SC(=O)N(Cc3cccc(Cl)c3)C2=O)ccc1OCc1ccccc1Cl. The maximum atomic E-state index is 12.8. The van der Waals surface area contributed by atoms with Crippen LogP contribution in [0.25, 0.3) is 6.08 Å². The van der Waals surface area contributed by atoms with Crippen molar-refractivity contribution in [2.75, 3.05) is 7.11 Å². The summed E-state index contributed by atoms with van der Waals surface area (Å²) in [6.07, 6.45) is 1.67.